The Bertz CT molecular complexity index is 408. The van der Waals surface area contributed by atoms with Crippen molar-refractivity contribution in [2.45, 2.75) is 52.5 Å². The second-order valence-corrected chi connectivity index (χ2v) is 7.57. The molecular formula is C18H37N5O. The quantitative estimate of drug-likeness (QED) is 0.519. The van der Waals surface area contributed by atoms with Gasteiger partial charge in [0.15, 0.2) is 5.96 Å². The first kappa shape index (κ1) is 20.7. The number of aliphatic imine (C=N–C) groups is 1. The van der Waals surface area contributed by atoms with E-state index in [0.29, 0.717) is 24.3 Å². The summed E-state index contributed by atoms with van der Waals surface area (Å²) in [6.45, 7) is 10.1. The van der Waals surface area contributed by atoms with Crippen LogP contribution in [0.5, 0.6) is 0 Å². The maximum absolute atomic E-state index is 11.2. The zero-order valence-corrected chi connectivity index (χ0v) is 16.2. The number of hydrogen-bond donors (Lipinski definition) is 2. The smallest absolute Gasteiger partial charge is 0.217 e. The number of piperidine rings is 1. The molecule has 0 saturated carbocycles. The van der Waals surface area contributed by atoms with Gasteiger partial charge < -0.3 is 20.9 Å². The van der Waals surface area contributed by atoms with Crippen LogP contribution in [0.1, 0.15) is 46.5 Å². The lowest BCUT2D eigenvalue weighted by Crippen LogP contribution is -2.47. The van der Waals surface area contributed by atoms with Crippen molar-refractivity contribution in [1.82, 2.24) is 15.1 Å². The molecule has 1 aliphatic rings. The Kier molecular flexibility index (Phi) is 9.11. The van der Waals surface area contributed by atoms with E-state index in [1.54, 1.807) is 0 Å². The van der Waals surface area contributed by atoms with E-state index in [0.717, 1.165) is 51.4 Å². The van der Waals surface area contributed by atoms with E-state index in [2.05, 4.69) is 50.0 Å². The summed E-state index contributed by atoms with van der Waals surface area (Å²) in [5, 5.41) is 3.42. The third-order valence-electron chi connectivity index (χ3n) is 4.57. The molecule has 1 fully saturated rings. The summed E-state index contributed by atoms with van der Waals surface area (Å²) in [5.41, 5.74) is 5.37. The van der Waals surface area contributed by atoms with E-state index in [9.17, 15) is 4.79 Å². The second-order valence-electron chi connectivity index (χ2n) is 7.57. The van der Waals surface area contributed by atoms with Crippen molar-refractivity contribution < 1.29 is 4.79 Å². The summed E-state index contributed by atoms with van der Waals surface area (Å²) in [4.78, 5) is 20.7. The minimum Gasteiger partial charge on any atom is -0.370 e. The highest BCUT2D eigenvalue weighted by molar-refractivity contribution is 5.80. The molecule has 1 rings (SSSR count). The van der Waals surface area contributed by atoms with E-state index < -0.39 is 0 Å². The highest BCUT2D eigenvalue weighted by Crippen LogP contribution is 2.19. The predicted molar refractivity (Wildman–Crippen MR) is 101 cm³/mol. The molecule has 3 N–H and O–H groups in total. The lowest BCUT2D eigenvalue weighted by Gasteiger charge is -2.35. The zero-order chi connectivity index (χ0) is 18.1. The highest BCUT2D eigenvalue weighted by atomic mass is 16.1. The number of nitrogens with two attached hydrogens (primary N) is 1. The number of hydrogen-bond acceptors (Lipinski definition) is 3. The molecule has 0 aromatic rings. The van der Waals surface area contributed by atoms with Crippen molar-refractivity contribution in [2.24, 2.45) is 22.6 Å². The number of amides is 1. The Morgan fingerprint density at radius 1 is 1.42 bits per heavy atom. The number of carbonyl (C=O) groups is 1. The third-order valence-corrected chi connectivity index (χ3v) is 4.57. The fraction of sp³-hybridized carbons (Fsp3) is 0.889. The molecule has 2 unspecified atom stereocenters. The van der Waals surface area contributed by atoms with Gasteiger partial charge in [-0.2, -0.15) is 0 Å². The fourth-order valence-corrected chi connectivity index (χ4v) is 3.32. The van der Waals surface area contributed by atoms with Crippen LogP contribution in [0.4, 0.5) is 0 Å². The van der Waals surface area contributed by atoms with Crippen LogP contribution in [-0.4, -0.2) is 68.0 Å². The van der Waals surface area contributed by atoms with Gasteiger partial charge in [-0.3, -0.25) is 9.79 Å². The van der Waals surface area contributed by atoms with Crippen LogP contribution in [0, 0.1) is 11.8 Å². The Labute approximate surface area is 147 Å². The number of rotatable bonds is 8. The Morgan fingerprint density at radius 2 is 2.12 bits per heavy atom. The monoisotopic (exact) mass is 339 g/mol. The summed E-state index contributed by atoms with van der Waals surface area (Å²) >= 11 is 0. The third kappa shape index (κ3) is 7.51. The maximum atomic E-state index is 11.2. The van der Waals surface area contributed by atoms with Gasteiger partial charge in [0.1, 0.15) is 0 Å². The largest absolute Gasteiger partial charge is 0.370 e. The summed E-state index contributed by atoms with van der Waals surface area (Å²) in [5.74, 6) is 1.78. The first-order valence-corrected chi connectivity index (χ1v) is 9.31. The maximum Gasteiger partial charge on any atom is 0.217 e. The lowest BCUT2D eigenvalue weighted by molar-refractivity contribution is -0.119. The SMILES string of the molecule is CCNC(=NCC(CC(C)C)N(C)C)N1CCCC(CC(N)=O)C1. The molecule has 140 valence electrons. The molecule has 0 spiro atoms. The van der Waals surface area contributed by atoms with E-state index in [4.69, 9.17) is 10.7 Å². The van der Waals surface area contributed by atoms with Crippen LogP contribution >= 0.6 is 0 Å². The number of nitrogens with one attached hydrogen (secondary N) is 1. The molecule has 24 heavy (non-hydrogen) atoms. The second kappa shape index (κ2) is 10.5. The topological polar surface area (TPSA) is 74.0 Å². The van der Waals surface area contributed by atoms with Crippen molar-refractivity contribution in [3.63, 3.8) is 0 Å². The highest BCUT2D eigenvalue weighted by Gasteiger charge is 2.24. The molecule has 1 aliphatic heterocycles. The van der Waals surface area contributed by atoms with Crippen molar-refractivity contribution in [3.8, 4) is 0 Å². The molecule has 0 aromatic carbocycles. The van der Waals surface area contributed by atoms with Crippen LogP contribution in [0.3, 0.4) is 0 Å². The molecule has 1 amide bonds. The summed E-state index contributed by atoms with van der Waals surface area (Å²) in [7, 11) is 4.25. The number of guanidine groups is 1. The molecule has 1 saturated heterocycles. The molecule has 2 atom stereocenters. The van der Waals surface area contributed by atoms with Crippen molar-refractivity contribution >= 4 is 11.9 Å². The van der Waals surface area contributed by atoms with Crippen LogP contribution in [0.15, 0.2) is 4.99 Å². The lowest BCUT2D eigenvalue weighted by atomic mass is 9.95. The van der Waals surface area contributed by atoms with Gasteiger partial charge in [-0.15, -0.1) is 0 Å². The normalized spacial score (nSPS) is 20.5. The van der Waals surface area contributed by atoms with Gasteiger partial charge in [-0.1, -0.05) is 13.8 Å². The first-order valence-electron chi connectivity index (χ1n) is 9.31. The number of likely N-dealkylation sites (tertiary alicyclic amines) is 1. The van der Waals surface area contributed by atoms with Gasteiger partial charge in [0.05, 0.1) is 6.54 Å². The molecule has 1 heterocycles. The molecule has 6 heteroatoms. The fourth-order valence-electron chi connectivity index (χ4n) is 3.32. The number of carbonyl (C=O) groups excluding carboxylic acids is 1. The molecule has 0 bridgehead atoms. The van der Waals surface area contributed by atoms with E-state index in [1.807, 2.05) is 0 Å². The Hall–Kier alpha value is -1.30. The van der Waals surface area contributed by atoms with Crippen LogP contribution in [-0.2, 0) is 4.79 Å². The van der Waals surface area contributed by atoms with Gasteiger partial charge in [-0.05, 0) is 52.1 Å². The number of likely N-dealkylation sites (N-methyl/N-ethyl adjacent to an activating group) is 1. The average Bonchev–Trinajstić information content (AvgIpc) is 2.49. The van der Waals surface area contributed by atoms with Gasteiger partial charge in [0.25, 0.3) is 0 Å². The van der Waals surface area contributed by atoms with Crippen LogP contribution < -0.4 is 11.1 Å². The van der Waals surface area contributed by atoms with Crippen molar-refractivity contribution in [2.75, 3.05) is 40.3 Å². The van der Waals surface area contributed by atoms with E-state index in [1.165, 1.54) is 0 Å². The minimum atomic E-state index is -0.201. The molecular weight excluding hydrogens is 302 g/mol. The molecule has 0 aliphatic carbocycles. The number of primary amides is 1. The van der Waals surface area contributed by atoms with E-state index >= 15 is 0 Å². The van der Waals surface area contributed by atoms with Crippen LogP contribution in [0.25, 0.3) is 0 Å². The predicted octanol–water partition coefficient (Wildman–Crippen LogP) is 1.52. The standard InChI is InChI=1S/C18H37N5O/c1-6-20-18(21-12-16(22(4)5)10-14(2)3)23-9-7-8-15(13-23)11-17(19)24/h14-16H,6-13H2,1-5H3,(H2,19,24)(H,20,21). The Morgan fingerprint density at radius 3 is 2.67 bits per heavy atom. The van der Waals surface area contributed by atoms with Gasteiger partial charge in [0, 0.05) is 32.1 Å². The molecule has 6 nitrogen and oxygen atoms in total. The number of nitrogens with zero attached hydrogens (tertiary/aromatic N) is 3. The summed E-state index contributed by atoms with van der Waals surface area (Å²) in [6.07, 6.45) is 3.78. The van der Waals surface area contributed by atoms with Crippen LogP contribution in [0.2, 0.25) is 0 Å². The first-order chi connectivity index (χ1) is 11.3. The minimum absolute atomic E-state index is 0.201. The van der Waals surface area contributed by atoms with Crippen molar-refractivity contribution in [3.05, 3.63) is 0 Å². The molecule has 0 radical (unpaired) electrons. The Balaban J connectivity index is 2.74. The van der Waals surface area contributed by atoms with Gasteiger partial charge in [0.2, 0.25) is 5.91 Å². The van der Waals surface area contributed by atoms with Crippen molar-refractivity contribution in [1.29, 1.82) is 0 Å². The zero-order valence-electron chi connectivity index (χ0n) is 16.2. The molecule has 0 aromatic heterocycles. The summed E-state index contributed by atoms with van der Waals surface area (Å²) < 4.78 is 0. The average molecular weight is 340 g/mol. The van der Waals surface area contributed by atoms with E-state index in [-0.39, 0.29) is 5.91 Å². The summed E-state index contributed by atoms with van der Waals surface area (Å²) in [6, 6.07) is 0.449. The van der Waals surface area contributed by atoms with Gasteiger partial charge >= 0.3 is 0 Å². The van der Waals surface area contributed by atoms with Gasteiger partial charge in [-0.25, -0.2) is 0 Å².